The van der Waals surface area contributed by atoms with Crippen LogP contribution in [0, 0.1) is 0 Å². The Hall–Kier alpha value is -2.67. The number of nitrogens with one attached hydrogen (secondary N) is 1. The molecule has 2 aromatic heterocycles. The molecule has 0 saturated heterocycles. The quantitative estimate of drug-likeness (QED) is 0.781. The molecular formula is C16H16N4O2S. The molecular weight excluding hydrogens is 312 g/mol. The van der Waals surface area contributed by atoms with Crippen molar-refractivity contribution in [2.75, 3.05) is 5.32 Å². The van der Waals surface area contributed by atoms with Crippen molar-refractivity contribution in [3.05, 3.63) is 47.7 Å². The first-order valence-electron chi connectivity index (χ1n) is 7.04. The summed E-state index contributed by atoms with van der Waals surface area (Å²) in [6.07, 6.45) is 3.71. The number of hydrogen-bond donors (Lipinski definition) is 1. The number of carbonyl (C=O) groups excluding carboxylic acids is 1. The first-order valence-corrected chi connectivity index (χ1v) is 7.92. The third-order valence-electron chi connectivity index (χ3n) is 3.08. The maximum Gasteiger partial charge on any atom is 0.221 e. The van der Waals surface area contributed by atoms with Gasteiger partial charge in [0.15, 0.2) is 0 Å². The standard InChI is InChI=1S/C16H16N4O2S/c1-11(21)18-14-5-3-4-6-15(14)22-9-13-10-23-16(19-13)12-7-17-20(2)8-12/h3-8,10H,9H2,1-2H3,(H,18,21). The summed E-state index contributed by atoms with van der Waals surface area (Å²) < 4.78 is 7.53. The lowest BCUT2D eigenvalue weighted by Gasteiger charge is -2.10. The highest BCUT2D eigenvalue weighted by Gasteiger charge is 2.09. The van der Waals surface area contributed by atoms with Gasteiger partial charge in [0, 0.05) is 31.1 Å². The van der Waals surface area contributed by atoms with E-state index in [0.717, 1.165) is 16.3 Å². The molecule has 0 aliphatic rings. The van der Waals surface area contributed by atoms with Gasteiger partial charge in [0.05, 0.1) is 17.6 Å². The van der Waals surface area contributed by atoms with Crippen LogP contribution in [0.2, 0.25) is 0 Å². The van der Waals surface area contributed by atoms with Gasteiger partial charge in [0.1, 0.15) is 17.4 Å². The van der Waals surface area contributed by atoms with E-state index in [4.69, 9.17) is 4.74 Å². The lowest BCUT2D eigenvalue weighted by molar-refractivity contribution is -0.114. The van der Waals surface area contributed by atoms with Crippen molar-refractivity contribution in [1.82, 2.24) is 14.8 Å². The monoisotopic (exact) mass is 328 g/mol. The Kier molecular flexibility index (Phi) is 4.38. The number of thiazole rings is 1. The molecule has 0 unspecified atom stereocenters. The Morgan fingerprint density at radius 2 is 2.22 bits per heavy atom. The van der Waals surface area contributed by atoms with Gasteiger partial charge in [-0.15, -0.1) is 11.3 Å². The number of aryl methyl sites for hydroxylation is 1. The maximum atomic E-state index is 11.2. The molecule has 118 valence electrons. The second kappa shape index (κ2) is 6.62. The predicted molar refractivity (Wildman–Crippen MR) is 89.4 cm³/mol. The minimum atomic E-state index is -0.131. The Morgan fingerprint density at radius 3 is 2.96 bits per heavy atom. The topological polar surface area (TPSA) is 69.0 Å². The number of amides is 1. The van der Waals surface area contributed by atoms with Crippen LogP contribution < -0.4 is 10.1 Å². The zero-order valence-electron chi connectivity index (χ0n) is 12.8. The van der Waals surface area contributed by atoms with Crippen molar-refractivity contribution in [3.63, 3.8) is 0 Å². The summed E-state index contributed by atoms with van der Waals surface area (Å²) in [6.45, 7) is 1.81. The Balaban J connectivity index is 1.70. The van der Waals surface area contributed by atoms with Crippen molar-refractivity contribution in [3.8, 4) is 16.3 Å². The molecule has 0 aliphatic carbocycles. The second-order valence-electron chi connectivity index (χ2n) is 5.01. The van der Waals surface area contributed by atoms with Crippen molar-refractivity contribution >= 4 is 22.9 Å². The third kappa shape index (κ3) is 3.75. The van der Waals surface area contributed by atoms with E-state index in [0.29, 0.717) is 18.0 Å². The zero-order chi connectivity index (χ0) is 16.2. The van der Waals surface area contributed by atoms with Gasteiger partial charge >= 0.3 is 0 Å². The molecule has 1 aromatic carbocycles. The number of ether oxygens (including phenoxy) is 1. The van der Waals surface area contributed by atoms with Gasteiger partial charge in [0.25, 0.3) is 0 Å². The molecule has 0 saturated carbocycles. The summed E-state index contributed by atoms with van der Waals surface area (Å²) in [5, 5.41) is 9.77. The molecule has 1 amide bonds. The molecule has 0 radical (unpaired) electrons. The highest BCUT2D eigenvalue weighted by atomic mass is 32.1. The molecule has 3 aromatic rings. The number of para-hydroxylation sites is 2. The van der Waals surface area contributed by atoms with Gasteiger partial charge in [-0.25, -0.2) is 4.98 Å². The molecule has 6 nitrogen and oxygen atoms in total. The van der Waals surface area contributed by atoms with E-state index < -0.39 is 0 Å². The molecule has 2 heterocycles. The third-order valence-corrected chi connectivity index (χ3v) is 4.02. The normalized spacial score (nSPS) is 10.5. The zero-order valence-corrected chi connectivity index (χ0v) is 13.6. The van der Waals surface area contributed by atoms with Crippen LogP contribution in [0.5, 0.6) is 5.75 Å². The first-order chi connectivity index (χ1) is 11.1. The van der Waals surface area contributed by atoms with Crippen LogP contribution in [0.1, 0.15) is 12.6 Å². The maximum absolute atomic E-state index is 11.2. The first kappa shape index (κ1) is 15.2. The Labute approximate surface area is 137 Å². The molecule has 0 atom stereocenters. The predicted octanol–water partition coefficient (Wildman–Crippen LogP) is 3.08. The molecule has 0 spiro atoms. The van der Waals surface area contributed by atoms with Crippen LogP contribution >= 0.6 is 11.3 Å². The van der Waals surface area contributed by atoms with Crippen molar-refractivity contribution < 1.29 is 9.53 Å². The van der Waals surface area contributed by atoms with Crippen molar-refractivity contribution in [1.29, 1.82) is 0 Å². The van der Waals surface area contributed by atoms with Crippen LogP contribution in [0.4, 0.5) is 5.69 Å². The molecule has 0 fully saturated rings. The molecule has 1 N–H and O–H groups in total. The van der Waals surface area contributed by atoms with E-state index in [2.05, 4.69) is 15.4 Å². The number of benzene rings is 1. The van der Waals surface area contributed by atoms with E-state index in [1.165, 1.54) is 6.92 Å². The molecule has 7 heteroatoms. The molecule has 3 rings (SSSR count). The SMILES string of the molecule is CC(=O)Nc1ccccc1OCc1csc(-c2cnn(C)c2)n1. The van der Waals surface area contributed by atoms with Crippen LogP contribution in [0.15, 0.2) is 42.0 Å². The van der Waals surface area contributed by atoms with Gasteiger partial charge < -0.3 is 10.1 Å². The van der Waals surface area contributed by atoms with E-state index >= 15 is 0 Å². The van der Waals surface area contributed by atoms with Gasteiger partial charge in [-0.3, -0.25) is 9.48 Å². The van der Waals surface area contributed by atoms with E-state index in [1.54, 1.807) is 28.3 Å². The van der Waals surface area contributed by atoms with Gasteiger partial charge in [0.2, 0.25) is 5.91 Å². The number of nitrogens with zero attached hydrogens (tertiary/aromatic N) is 3. The molecule has 0 aliphatic heterocycles. The molecule has 0 bridgehead atoms. The average Bonchev–Trinajstić information content (AvgIpc) is 3.14. The second-order valence-corrected chi connectivity index (χ2v) is 5.87. The number of aromatic nitrogens is 3. The number of carbonyl (C=O) groups is 1. The highest BCUT2D eigenvalue weighted by molar-refractivity contribution is 7.13. The fourth-order valence-electron chi connectivity index (χ4n) is 2.07. The largest absolute Gasteiger partial charge is 0.485 e. The van der Waals surface area contributed by atoms with Crippen LogP contribution in [0.3, 0.4) is 0 Å². The fourth-order valence-corrected chi connectivity index (χ4v) is 2.85. The fraction of sp³-hybridized carbons (Fsp3) is 0.188. The van der Waals surface area contributed by atoms with Crippen molar-refractivity contribution in [2.24, 2.45) is 7.05 Å². The lowest BCUT2D eigenvalue weighted by Crippen LogP contribution is -2.07. The lowest BCUT2D eigenvalue weighted by atomic mass is 10.3. The number of hydrogen-bond acceptors (Lipinski definition) is 5. The smallest absolute Gasteiger partial charge is 0.221 e. The van der Waals surface area contributed by atoms with E-state index in [1.807, 2.05) is 36.8 Å². The average molecular weight is 328 g/mol. The van der Waals surface area contributed by atoms with E-state index in [9.17, 15) is 4.79 Å². The summed E-state index contributed by atoms with van der Waals surface area (Å²) in [6, 6.07) is 7.34. The summed E-state index contributed by atoms with van der Waals surface area (Å²) in [5.41, 5.74) is 2.48. The molecule has 23 heavy (non-hydrogen) atoms. The van der Waals surface area contributed by atoms with Crippen LogP contribution in [0.25, 0.3) is 10.6 Å². The summed E-state index contributed by atoms with van der Waals surface area (Å²) >= 11 is 1.55. The number of rotatable bonds is 5. The van der Waals surface area contributed by atoms with Gasteiger partial charge in [-0.05, 0) is 12.1 Å². The summed E-state index contributed by atoms with van der Waals surface area (Å²) in [4.78, 5) is 15.8. The Morgan fingerprint density at radius 1 is 1.39 bits per heavy atom. The minimum Gasteiger partial charge on any atom is -0.485 e. The van der Waals surface area contributed by atoms with Crippen molar-refractivity contribution in [2.45, 2.75) is 13.5 Å². The highest BCUT2D eigenvalue weighted by Crippen LogP contribution is 2.26. The van der Waals surface area contributed by atoms with E-state index in [-0.39, 0.29) is 5.91 Å². The summed E-state index contributed by atoms with van der Waals surface area (Å²) in [5.74, 6) is 0.493. The van der Waals surface area contributed by atoms with Gasteiger partial charge in [-0.1, -0.05) is 12.1 Å². The summed E-state index contributed by atoms with van der Waals surface area (Å²) in [7, 11) is 1.88. The number of anilines is 1. The Bertz CT molecular complexity index is 825. The van der Waals surface area contributed by atoms with Crippen LogP contribution in [-0.2, 0) is 18.4 Å². The minimum absolute atomic E-state index is 0.131. The van der Waals surface area contributed by atoms with Gasteiger partial charge in [-0.2, -0.15) is 5.10 Å². The van der Waals surface area contributed by atoms with Crippen LogP contribution in [-0.4, -0.2) is 20.7 Å².